The molecule has 1 aromatic rings. The van der Waals surface area contributed by atoms with Crippen molar-refractivity contribution in [2.75, 3.05) is 24.3 Å². The predicted molar refractivity (Wildman–Crippen MR) is 68.5 cm³/mol. The van der Waals surface area contributed by atoms with Crippen LogP contribution in [0.4, 0.5) is 11.6 Å². The highest BCUT2D eigenvalue weighted by molar-refractivity contribution is 5.57. The fraction of sp³-hybridized carbons (Fsp3) is 0.667. The maximum Gasteiger partial charge on any atom is 0.136 e. The van der Waals surface area contributed by atoms with E-state index in [9.17, 15) is 0 Å². The van der Waals surface area contributed by atoms with E-state index in [4.69, 9.17) is 5.11 Å². The van der Waals surface area contributed by atoms with Gasteiger partial charge in [-0.2, -0.15) is 0 Å². The second-order valence-electron chi connectivity index (χ2n) is 4.66. The van der Waals surface area contributed by atoms with E-state index in [0.717, 1.165) is 23.0 Å². The van der Waals surface area contributed by atoms with Gasteiger partial charge in [0.15, 0.2) is 0 Å². The number of nitrogens with one attached hydrogen (secondary N) is 2. The van der Waals surface area contributed by atoms with Gasteiger partial charge in [0, 0.05) is 24.6 Å². The molecule has 1 heterocycles. The van der Waals surface area contributed by atoms with Crippen molar-refractivity contribution in [1.29, 1.82) is 0 Å². The molecule has 0 amide bonds. The molecule has 2 rings (SSSR count). The largest absolute Gasteiger partial charge is 0.394 e. The maximum absolute atomic E-state index is 9.08. The summed E-state index contributed by atoms with van der Waals surface area (Å²) in [5.41, 5.74) is 0.997. The van der Waals surface area contributed by atoms with E-state index >= 15 is 0 Å². The lowest BCUT2D eigenvalue weighted by Crippen LogP contribution is -2.21. The van der Waals surface area contributed by atoms with Crippen LogP contribution in [0, 0.1) is 6.92 Å². The van der Waals surface area contributed by atoms with Crippen LogP contribution >= 0.6 is 0 Å². The summed E-state index contributed by atoms with van der Waals surface area (Å²) in [6, 6.07) is 0.000333. The molecule has 0 aromatic carbocycles. The molecule has 5 nitrogen and oxygen atoms in total. The van der Waals surface area contributed by atoms with E-state index < -0.39 is 0 Å². The number of hydrogen-bond donors (Lipinski definition) is 3. The van der Waals surface area contributed by atoms with Gasteiger partial charge in [-0.3, -0.25) is 0 Å². The van der Waals surface area contributed by atoms with Crippen LogP contribution in [-0.2, 0) is 0 Å². The van der Waals surface area contributed by atoms with E-state index in [1.165, 1.54) is 12.8 Å². The Labute approximate surface area is 102 Å². The second kappa shape index (κ2) is 4.87. The first-order valence-corrected chi connectivity index (χ1v) is 6.09. The van der Waals surface area contributed by atoms with Gasteiger partial charge in [0.05, 0.1) is 6.61 Å². The van der Waals surface area contributed by atoms with Gasteiger partial charge in [0.1, 0.15) is 17.5 Å². The van der Waals surface area contributed by atoms with Crippen LogP contribution in [0.25, 0.3) is 0 Å². The third-order valence-corrected chi connectivity index (χ3v) is 3.00. The van der Waals surface area contributed by atoms with Gasteiger partial charge in [-0.25, -0.2) is 9.97 Å². The van der Waals surface area contributed by atoms with Crippen molar-refractivity contribution in [3.63, 3.8) is 0 Å². The molecule has 1 atom stereocenters. The molecule has 94 valence electrons. The molecule has 0 bridgehead atoms. The molecule has 3 N–H and O–H groups in total. The van der Waals surface area contributed by atoms with Crippen LogP contribution in [0.5, 0.6) is 0 Å². The Morgan fingerprint density at radius 1 is 1.35 bits per heavy atom. The molecule has 0 spiro atoms. The lowest BCUT2D eigenvalue weighted by molar-refractivity contribution is 0.281. The summed E-state index contributed by atoms with van der Waals surface area (Å²) >= 11 is 0. The third-order valence-electron chi connectivity index (χ3n) is 3.00. The van der Waals surface area contributed by atoms with Gasteiger partial charge >= 0.3 is 0 Å². The highest BCUT2D eigenvalue weighted by Crippen LogP contribution is 2.39. The third kappa shape index (κ3) is 2.66. The summed E-state index contributed by atoms with van der Waals surface area (Å²) in [6.07, 6.45) is 2.36. The lowest BCUT2D eigenvalue weighted by Gasteiger charge is -2.16. The van der Waals surface area contributed by atoms with Crippen molar-refractivity contribution in [2.45, 2.75) is 38.6 Å². The summed E-state index contributed by atoms with van der Waals surface area (Å²) in [4.78, 5) is 9.08. The molecule has 0 aliphatic heterocycles. The zero-order chi connectivity index (χ0) is 12.4. The summed E-state index contributed by atoms with van der Waals surface area (Å²) in [6.45, 7) is 4.00. The van der Waals surface area contributed by atoms with Gasteiger partial charge in [-0.1, -0.05) is 0 Å². The molecular formula is C12H20N4O. The van der Waals surface area contributed by atoms with Crippen LogP contribution in [0.2, 0.25) is 0 Å². The Morgan fingerprint density at radius 3 is 2.53 bits per heavy atom. The molecule has 17 heavy (non-hydrogen) atoms. The molecule has 5 heteroatoms. The Bertz CT molecular complexity index is 404. The highest BCUT2D eigenvalue weighted by Gasteiger charge is 2.28. The Hall–Kier alpha value is -1.36. The Kier molecular flexibility index (Phi) is 3.47. The number of anilines is 2. The zero-order valence-corrected chi connectivity index (χ0v) is 10.6. The monoisotopic (exact) mass is 236 g/mol. The Balaban J connectivity index is 2.30. The minimum atomic E-state index is 0.000333. The van der Waals surface area contributed by atoms with E-state index in [1.807, 2.05) is 20.9 Å². The van der Waals surface area contributed by atoms with Crippen LogP contribution < -0.4 is 10.6 Å². The van der Waals surface area contributed by atoms with Crippen LogP contribution in [-0.4, -0.2) is 34.8 Å². The van der Waals surface area contributed by atoms with Crippen molar-refractivity contribution in [3.8, 4) is 0 Å². The smallest absolute Gasteiger partial charge is 0.136 e. The first kappa shape index (κ1) is 12.1. The number of hydrogen-bond acceptors (Lipinski definition) is 5. The average Bonchev–Trinajstić information content (AvgIpc) is 3.15. The van der Waals surface area contributed by atoms with Crippen molar-refractivity contribution < 1.29 is 5.11 Å². The van der Waals surface area contributed by atoms with Gasteiger partial charge in [0.25, 0.3) is 0 Å². The Morgan fingerprint density at radius 2 is 2.00 bits per heavy atom. The standard InChI is InChI=1S/C12H20N4O/c1-7(6-17)14-11-8(2)10(13-3)15-12(16-11)9-4-5-9/h7,9,17H,4-6H2,1-3H3,(H2,13,14,15,16). The van der Waals surface area contributed by atoms with Crippen LogP contribution in [0.1, 0.15) is 37.1 Å². The summed E-state index contributed by atoms with van der Waals surface area (Å²) < 4.78 is 0. The number of rotatable bonds is 5. The fourth-order valence-corrected chi connectivity index (χ4v) is 1.72. The molecule has 1 fully saturated rings. The normalized spacial score (nSPS) is 16.7. The molecule has 1 aliphatic carbocycles. The molecule has 0 saturated heterocycles. The fourth-order valence-electron chi connectivity index (χ4n) is 1.72. The number of nitrogens with zero attached hydrogens (tertiary/aromatic N) is 2. The summed E-state index contributed by atoms with van der Waals surface area (Å²) in [5.74, 6) is 3.13. The van der Waals surface area contributed by atoms with Crippen molar-refractivity contribution in [1.82, 2.24) is 9.97 Å². The van der Waals surface area contributed by atoms with Crippen molar-refractivity contribution in [3.05, 3.63) is 11.4 Å². The highest BCUT2D eigenvalue weighted by atomic mass is 16.3. The minimum Gasteiger partial charge on any atom is -0.394 e. The van der Waals surface area contributed by atoms with E-state index in [0.29, 0.717) is 5.92 Å². The minimum absolute atomic E-state index is 0.000333. The van der Waals surface area contributed by atoms with Crippen LogP contribution in [0.3, 0.4) is 0 Å². The van der Waals surface area contributed by atoms with Crippen LogP contribution in [0.15, 0.2) is 0 Å². The first-order valence-electron chi connectivity index (χ1n) is 6.09. The molecule has 1 aromatic heterocycles. The predicted octanol–water partition coefficient (Wildman–Crippen LogP) is 1.50. The van der Waals surface area contributed by atoms with Gasteiger partial charge in [-0.15, -0.1) is 0 Å². The van der Waals surface area contributed by atoms with E-state index in [2.05, 4.69) is 20.6 Å². The van der Waals surface area contributed by atoms with Crippen molar-refractivity contribution in [2.24, 2.45) is 0 Å². The summed E-state index contributed by atoms with van der Waals surface area (Å²) in [5, 5.41) is 15.4. The second-order valence-corrected chi connectivity index (χ2v) is 4.66. The van der Waals surface area contributed by atoms with Crippen molar-refractivity contribution >= 4 is 11.6 Å². The molecule has 1 unspecified atom stereocenters. The lowest BCUT2D eigenvalue weighted by atomic mass is 10.2. The number of aromatic nitrogens is 2. The first-order chi connectivity index (χ1) is 8.15. The molecule has 1 aliphatic rings. The summed E-state index contributed by atoms with van der Waals surface area (Å²) in [7, 11) is 1.87. The topological polar surface area (TPSA) is 70.1 Å². The van der Waals surface area contributed by atoms with Gasteiger partial charge < -0.3 is 15.7 Å². The quantitative estimate of drug-likeness (QED) is 0.722. The number of aliphatic hydroxyl groups excluding tert-OH is 1. The van der Waals surface area contributed by atoms with Gasteiger partial charge in [-0.05, 0) is 26.7 Å². The molecule has 0 radical (unpaired) electrons. The van der Waals surface area contributed by atoms with E-state index in [-0.39, 0.29) is 12.6 Å². The zero-order valence-electron chi connectivity index (χ0n) is 10.6. The van der Waals surface area contributed by atoms with Gasteiger partial charge in [0.2, 0.25) is 0 Å². The SMILES string of the molecule is CNc1nc(C2CC2)nc(NC(C)CO)c1C. The molecular weight excluding hydrogens is 216 g/mol. The average molecular weight is 236 g/mol. The maximum atomic E-state index is 9.08. The number of aliphatic hydroxyl groups is 1. The van der Waals surface area contributed by atoms with E-state index in [1.54, 1.807) is 0 Å². The molecule has 1 saturated carbocycles.